The summed E-state index contributed by atoms with van der Waals surface area (Å²) in [6, 6.07) is 6.35. The van der Waals surface area contributed by atoms with Gasteiger partial charge in [0.1, 0.15) is 18.1 Å². The molecule has 1 atom stereocenters. The molecule has 1 saturated carbocycles. The Morgan fingerprint density at radius 3 is 2.88 bits per heavy atom. The molecule has 0 radical (unpaired) electrons. The van der Waals surface area contributed by atoms with E-state index in [1.54, 1.807) is 0 Å². The highest BCUT2D eigenvalue weighted by molar-refractivity contribution is 5.82. The van der Waals surface area contributed by atoms with Crippen molar-refractivity contribution >= 4 is 5.78 Å². The van der Waals surface area contributed by atoms with Crippen molar-refractivity contribution in [3.05, 3.63) is 29.3 Å². The van der Waals surface area contributed by atoms with E-state index in [0.717, 1.165) is 64.3 Å². The topological polar surface area (TPSA) is 38.8 Å². The number of rotatable bonds is 6. The summed E-state index contributed by atoms with van der Waals surface area (Å²) in [5.74, 6) is 1.57. The SMILES string of the molecule is Cc1ccc(OCCN2CCOCC2)c(CC2CCCCC2=O)c1. The van der Waals surface area contributed by atoms with E-state index < -0.39 is 0 Å². The maximum Gasteiger partial charge on any atom is 0.136 e. The second-order valence-electron chi connectivity index (χ2n) is 7.03. The van der Waals surface area contributed by atoms with E-state index in [4.69, 9.17) is 9.47 Å². The van der Waals surface area contributed by atoms with Crippen LogP contribution in [0.25, 0.3) is 0 Å². The van der Waals surface area contributed by atoms with E-state index in [1.165, 1.54) is 17.5 Å². The van der Waals surface area contributed by atoms with Crippen LogP contribution in [0.5, 0.6) is 5.75 Å². The number of ketones is 1. The van der Waals surface area contributed by atoms with Gasteiger partial charge in [-0.2, -0.15) is 0 Å². The minimum Gasteiger partial charge on any atom is -0.492 e. The molecule has 0 bridgehead atoms. The molecule has 0 spiro atoms. The van der Waals surface area contributed by atoms with Crippen LogP contribution in [-0.2, 0) is 16.0 Å². The first-order chi connectivity index (χ1) is 11.7. The van der Waals surface area contributed by atoms with Gasteiger partial charge in [-0.3, -0.25) is 9.69 Å². The number of Topliss-reactive ketones (excluding diaryl/α,β-unsaturated/α-hetero) is 1. The Morgan fingerprint density at radius 2 is 2.08 bits per heavy atom. The van der Waals surface area contributed by atoms with Gasteiger partial charge in [0.05, 0.1) is 13.2 Å². The van der Waals surface area contributed by atoms with Gasteiger partial charge in [-0.25, -0.2) is 0 Å². The van der Waals surface area contributed by atoms with Crippen LogP contribution < -0.4 is 4.74 Å². The van der Waals surface area contributed by atoms with Crippen LogP contribution in [0.3, 0.4) is 0 Å². The lowest BCUT2D eigenvalue weighted by Crippen LogP contribution is -2.38. The van der Waals surface area contributed by atoms with Crippen LogP contribution in [0.15, 0.2) is 18.2 Å². The van der Waals surface area contributed by atoms with Crippen molar-refractivity contribution in [2.45, 2.75) is 39.0 Å². The third kappa shape index (κ3) is 4.81. The minimum absolute atomic E-state index is 0.183. The van der Waals surface area contributed by atoms with Crippen LogP contribution in [0.2, 0.25) is 0 Å². The lowest BCUT2D eigenvalue weighted by molar-refractivity contribution is -0.124. The van der Waals surface area contributed by atoms with Crippen molar-refractivity contribution in [2.24, 2.45) is 5.92 Å². The fourth-order valence-electron chi connectivity index (χ4n) is 3.65. The van der Waals surface area contributed by atoms with Crippen molar-refractivity contribution in [3.63, 3.8) is 0 Å². The van der Waals surface area contributed by atoms with Gasteiger partial charge in [0.15, 0.2) is 0 Å². The highest BCUT2D eigenvalue weighted by atomic mass is 16.5. The lowest BCUT2D eigenvalue weighted by atomic mass is 9.83. The third-order valence-electron chi connectivity index (χ3n) is 5.13. The normalized spacial score (nSPS) is 22.5. The van der Waals surface area contributed by atoms with Crippen molar-refractivity contribution in [1.29, 1.82) is 0 Å². The molecule has 1 aliphatic carbocycles. The average molecular weight is 331 g/mol. The Bertz CT molecular complexity index is 552. The van der Waals surface area contributed by atoms with Crippen LogP contribution in [0, 0.1) is 12.8 Å². The van der Waals surface area contributed by atoms with E-state index in [2.05, 4.69) is 30.0 Å². The molecule has 24 heavy (non-hydrogen) atoms. The fraction of sp³-hybridized carbons (Fsp3) is 0.650. The van der Waals surface area contributed by atoms with Crippen LogP contribution in [-0.4, -0.2) is 50.1 Å². The molecule has 4 heteroatoms. The number of hydrogen-bond acceptors (Lipinski definition) is 4. The summed E-state index contributed by atoms with van der Waals surface area (Å²) < 4.78 is 11.5. The number of morpholine rings is 1. The number of ether oxygens (including phenoxy) is 2. The summed E-state index contributed by atoms with van der Waals surface area (Å²) in [6.45, 7) is 7.33. The van der Waals surface area contributed by atoms with Crippen molar-refractivity contribution < 1.29 is 14.3 Å². The predicted octanol–water partition coefficient (Wildman–Crippen LogP) is 3.01. The molecule has 132 valence electrons. The first-order valence-electron chi connectivity index (χ1n) is 9.27. The Labute approximate surface area is 145 Å². The van der Waals surface area contributed by atoms with E-state index in [-0.39, 0.29) is 5.92 Å². The monoisotopic (exact) mass is 331 g/mol. The molecule has 1 unspecified atom stereocenters. The van der Waals surface area contributed by atoms with Gasteiger partial charge in [0.2, 0.25) is 0 Å². The summed E-state index contributed by atoms with van der Waals surface area (Å²) in [5.41, 5.74) is 2.42. The molecule has 0 N–H and O–H groups in total. The van der Waals surface area contributed by atoms with Gasteiger partial charge in [0.25, 0.3) is 0 Å². The van der Waals surface area contributed by atoms with Crippen LogP contribution in [0.1, 0.15) is 36.8 Å². The standard InChI is InChI=1S/C20H29NO3/c1-16-6-7-20(24-13-10-21-8-11-23-12-9-21)18(14-16)15-17-4-2-3-5-19(17)22/h6-7,14,17H,2-5,8-13,15H2,1H3. The maximum absolute atomic E-state index is 12.2. The van der Waals surface area contributed by atoms with Crippen molar-refractivity contribution in [3.8, 4) is 5.75 Å². The number of carbonyl (C=O) groups is 1. The number of nitrogens with zero attached hydrogens (tertiary/aromatic N) is 1. The molecular weight excluding hydrogens is 302 g/mol. The van der Waals surface area contributed by atoms with Crippen molar-refractivity contribution in [2.75, 3.05) is 39.5 Å². The number of hydrogen-bond donors (Lipinski definition) is 0. The van der Waals surface area contributed by atoms with E-state index in [1.807, 2.05) is 0 Å². The highest BCUT2D eigenvalue weighted by Gasteiger charge is 2.23. The number of benzene rings is 1. The summed E-state index contributed by atoms with van der Waals surface area (Å²) >= 11 is 0. The van der Waals surface area contributed by atoms with E-state index in [0.29, 0.717) is 12.4 Å². The lowest BCUT2D eigenvalue weighted by Gasteiger charge is -2.26. The molecule has 1 aliphatic heterocycles. The van der Waals surface area contributed by atoms with Gasteiger partial charge >= 0.3 is 0 Å². The largest absolute Gasteiger partial charge is 0.492 e. The Balaban J connectivity index is 1.58. The van der Waals surface area contributed by atoms with E-state index >= 15 is 0 Å². The minimum atomic E-state index is 0.183. The molecule has 2 aliphatic rings. The third-order valence-corrected chi connectivity index (χ3v) is 5.13. The van der Waals surface area contributed by atoms with Crippen molar-refractivity contribution in [1.82, 2.24) is 4.90 Å². The summed E-state index contributed by atoms with van der Waals surface area (Å²) in [7, 11) is 0. The van der Waals surface area contributed by atoms with Gasteiger partial charge in [-0.1, -0.05) is 24.1 Å². The number of aryl methyl sites for hydroxylation is 1. The second kappa shape index (κ2) is 8.63. The first kappa shape index (κ1) is 17.4. The van der Waals surface area contributed by atoms with E-state index in [9.17, 15) is 4.79 Å². The zero-order valence-corrected chi connectivity index (χ0v) is 14.8. The molecule has 1 heterocycles. The van der Waals surface area contributed by atoms with Gasteiger partial charge in [0, 0.05) is 32.0 Å². The zero-order chi connectivity index (χ0) is 16.8. The molecular formula is C20H29NO3. The zero-order valence-electron chi connectivity index (χ0n) is 14.8. The Kier molecular flexibility index (Phi) is 6.27. The van der Waals surface area contributed by atoms with Gasteiger partial charge in [-0.15, -0.1) is 0 Å². The smallest absolute Gasteiger partial charge is 0.136 e. The molecule has 4 nitrogen and oxygen atoms in total. The van der Waals surface area contributed by atoms with Crippen LogP contribution >= 0.6 is 0 Å². The molecule has 0 amide bonds. The summed E-state index contributed by atoms with van der Waals surface area (Å²) in [6.07, 6.45) is 4.85. The molecule has 3 rings (SSSR count). The molecule has 0 aromatic heterocycles. The summed E-state index contributed by atoms with van der Waals surface area (Å²) in [4.78, 5) is 14.5. The van der Waals surface area contributed by atoms with Crippen LogP contribution in [0.4, 0.5) is 0 Å². The highest BCUT2D eigenvalue weighted by Crippen LogP contribution is 2.29. The molecule has 1 aromatic rings. The van der Waals surface area contributed by atoms with Gasteiger partial charge in [-0.05, 0) is 37.8 Å². The quantitative estimate of drug-likeness (QED) is 0.803. The Morgan fingerprint density at radius 1 is 1.25 bits per heavy atom. The summed E-state index contributed by atoms with van der Waals surface area (Å²) in [5, 5.41) is 0. The second-order valence-corrected chi connectivity index (χ2v) is 7.03. The maximum atomic E-state index is 12.2. The van der Waals surface area contributed by atoms with Gasteiger partial charge < -0.3 is 9.47 Å². The molecule has 1 saturated heterocycles. The fourth-order valence-corrected chi connectivity index (χ4v) is 3.65. The Hall–Kier alpha value is -1.39. The number of carbonyl (C=O) groups excluding carboxylic acids is 1. The molecule has 2 fully saturated rings. The predicted molar refractivity (Wildman–Crippen MR) is 94.6 cm³/mol. The average Bonchev–Trinajstić information content (AvgIpc) is 2.60. The molecule has 1 aromatic carbocycles. The first-order valence-corrected chi connectivity index (χ1v) is 9.27.